The first kappa shape index (κ1) is 19.1. The Balaban J connectivity index is 1.72. The molecule has 0 N–H and O–H groups in total. The quantitative estimate of drug-likeness (QED) is 0.555. The Hall–Kier alpha value is -2.63. The lowest BCUT2D eigenvalue weighted by molar-refractivity contribution is 0.0629. The summed E-state index contributed by atoms with van der Waals surface area (Å²) in [6.07, 6.45) is 6.98. The molecule has 1 amide bonds. The Labute approximate surface area is 160 Å². The molecule has 6 nitrogen and oxygen atoms in total. The first-order valence-electron chi connectivity index (χ1n) is 9.64. The molecule has 27 heavy (non-hydrogen) atoms. The summed E-state index contributed by atoms with van der Waals surface area (Å²) in [7, 11) is 1.82. The van der Waals surface area contributed by atoms with Crippen molar-refractivity contribution in [3.8, 4) is 5.75 Å². The summed E-state index contributed by atoms with van der Waals surface area (Å²) in [5.74, 6) is 0.801. The van der Waals surface area contributed by atoms with Gasteiger partial charge < -0.3 is 14.2 Å². The normalized spacial score (nSPS) is 17.0. The highest BCUT2D eigenvalue weighted by Gasteiger charge is 2.31. The number of para-hydroxylation sites is 1. The molecule has 6 heteroatoms. The Morgan fingerprint density at radius 1 is 1.30 bits per heavy atom. The summed E-state index contributed by atoms with van der Waals surface area (Å²) in [5, 5.41) is 0. The van der Waals surface area contributed by atoms with Gasteiger partial charge in [-0.15, -0.1) is 0 Å². The summed E-state index contributed by atoms with van der Waals surface area (Å²) in [5.41, 5.74) is 0.568. The third kappa shape index (κ3) is 4.38. The summed E-state index contributed by atoms with van der Waals surface area (Å²) in [6.45, 7) is 3.79. The molecular weight excluding hydrogens is 342 g/mol. The second-order valence-corrected chi connectivity index (χ2v) is 7.01. The second kappa shape index (κ2) is 8.84. The van der Waals surface area contributed by atoms with Crippen LogP contribution in [0.2, 0.25) is 0 Å². The third-order valence-electron chi connectivity index (χ3n) is 4.99. The van der Waals surface area contributed by atoms with Gasteiger partial charge in [0.1, 0.15) is 5.75 Å². The molecule has 0 aliphatic carbocycles. The van der Waals surface area contributed by atoms with Crippen LogP contribution in [-0.4, -0.2) is 45.8 Å². The van der Waals surface area contributed by atoms with Gasteiger partial charge in [0.2, 0.25) is 5.78 Å². The minimum Gasteiger partial charge on any atom is -0.493 e. The van der Waals surface area contributed by atoms with E-state index in [0.717, 1.165) is 25.7 Å². The van der Waals surface area contributed by atoms with Crippen molar-refractivity contribution in [1.82, 2.24) is 14.5 Å². The van der Waals surface area contributed by atoms with Crippen LogP contribution < -0.4 is 4.74 Å². The van der Waals surface area contributed by atoms with Crippen molar-refractivity contribution in [2.24, 2.45) is 13.0 Å². The van der Waals surface area contributed by atoms with Crippen molar-refractivity contribution in [1.29, 1.82) is 0 Å². The van der Waals surface area contributed by atoms with Gasteiger partial charge in [-0.1, -0.05) is 25.5 Å². The molecule has 3 rings (SSSR count). The molecule has 1 aliphatic heterocycles. The zero-order valence-electron chi connectivity index (χ0n) is 16.1. The van der Waals surface area contributed by atoms with E-state index < -0.39 is 0 Å². The Kier molecular flexibility index (Phi) is 6.27. The lowest BCUT2D eigenvalue weighted by atomic mass is 9.92. The number of piperidine rings is 1. The van der Waals surface area contributed by atoms with Crippen LogP contribution in [0.15, 0.2) is 36.7 Å². The number of ketones is 1. The Morgan fingerprint density at radius 3 is 2.85 bits per heavy atom. The average molecular weight is 369 g/mol. The van der Waals surface area contributed by atoms with E-state index in [4.69, 9.17) is 4.74 Å². The highest BCUT2D eigenvalue weighted by atomic mass is 16.5. The van der Waals surface area contributed by atoms with Gasteiger partial charge in [0, 0.05) is 38.4 Å². The van der Waals surface area contributed by atoms with Crippen molar-refractivity contribution in [3.05, 3.63) is 48.0 Å². The number of rotatable bonds is 7. The fourth-order valence-electron chi connectivity index (χ4n) is 3.43. The van der Waals surface area contributed by atoms with E-state index in [0.29, 0.717) is 36.8 Å². The van der Waals surface area contributed by atoms with Crippen LogP contribution >= 0.6 is 0 Å². The van der Waals surface area contributed by atoms with Crippen LogP contribution in [-0.2, 0) is 7.05 Å². The molecule has 1 aromatic carbocycles. The number of hydrogen-bond acceptors (Lipinski definition) is 4. The number of benzene rings is 1. The van der Waals surface area contributed by atoms with Gasteiger partial charge in [0.25, 0.3) is 5.91 Å². The van der Waals surface area contributed by atoms with Crippen LogP contribution in [0.1, 0.15) is 53.6 Å². The number of nitrogens with zero attached hydrogens (tertiary/aromatic N) is 3. The predicted octanol–water partition coefficient (Wildman–Crippen LogP) is 3.33. The zero-order chi connectivity index (χ0) is 19.2. The number of Topliss-reactive ketones (excluding diaryl/α,β-unsaturated/α-hetero) is 1. The maximum absolute atomic E-state index is 13.1. The number of carbonyl (C=O) groups is 2. The zero-order valence-corrected chi connectivity index (χ0v) is 16.1. The fraction of sp³-hybridized carbons (Fsp3) is 0.476. The minimum atomic E-state index is -0.211. The van der Waals surface area contributed by atoms with E-state index in [1.807, 2.05) is 25.2 Å². The van der Waals surface area contributed by atoms with E-state index >= 15 is 0 Å². The average Bonchev–Trinajstić information content (AvgIpc) is 3.13. The van der Waals surface area contributed by atoms with Gasteiger partial charge in [0.05, 0.1) is 12.2 Å². The molecule has 0 bridgehead atoms. The van der Waals surface area contributed by atoms with E-state index in [2.05, 4.69) is 11.9 Å². The Morgan fingerprint density at radius 2 is 2.11 bits per heavy atom. The summed E-state index contributed by atoms with van der Waals surface area (Å²) >= 11 is 0. The number of aryl methyl sites for hydroxylation is 1. The molecule has 1 atom stereocenters. The van der Waals surface area contributed by atoms with Crippen molar-refractivity contribution >= 4 is 11.7 Å². The number of hydrogen-bond donors (Lipinski definition) is 0. The lowest BCUT2D eigenvalue weighted by Crippen LogP contribution is -2.42. The fourth-order valence-corrected chi connectivity index (χ4v) is 3.43. The topological polar surface area (TPSA) is 64.4 Å². The van der Waals surface area contributed by atoms with Gasteiger partial charge in [-0.05, 0) is 31.4 Å². The van der Waals surface area contributed by atoms with Crippen LogP contribution in [0.4, 0.5) is 0 Å². The third-order valence-corrected chi connectivity index (χ3v) is 4.99. The molecule has 2 heterocycles. The van der Waals surface area contributed by atoms with E-state index in [-0.39, 0.29) is 17.6 Å². The molecule has 0 unspecified atom stereocenters. The number of carbonyl (C=O) groups excluding carboxylic acids is 2. The molecule has 1 fully saturated rings. The predicted molar refractivity (Wildman–Crippen MR) is 103 cm³/mol. The van der Waals surface area contributed by atoms with Gasteiger partial charge in [0.15, 0.2) is 5.82 Å². The maximum atomic E-state index is 13.1. The molecule has 0 spiro atoms. The van der Waals surface area contributed by atoms with Gasteiger partial charge >= 0.3 is 0 Å². The second-order valence-electron chi connectivity index (χ2n) is 7.01. The monoisotopic (exact) mass is 369 g/mol. The summed E-state index contributed by atoms with van der Waals surface area (Å²) in [4.78, 5) is 31.8. The molecule has 144 valence electrons. The number of unbranched alkanes of at least 4 members (excludes halogenated alkanes) is 1. The molecule has 0 saturated carbocycles. The molecule has 1 aromatic heterocycles. The van der Waals surface area contributed by atoms with Crippen LogP contribution in [0.3, 0.4) is 0 Å². The van der Waals surface area contributed by atoms with E-state index in [1.54, 1.807) is 27.9 Å². The first-order chi connectivity index (χ1) is 13.1. The molecular formula is C21H27N3O3. The highest BCUT2D eigenvalue weighted by Crippen LogP contribution is 2.25. The SMILES string of the molecule is CCCCOc1ccccc1C(=O)N1CCC[C@H](C(=O)c2nccn2C)C1. The number of aromatic nitrogens is 2. The van der Waals surface area contributed by atoms with Crippen LogP contribution in [0, 0.1) is 5.92 Å². The van der Waals surface area contributed by atoms with Crippen molar-refractivity contribution in [2.75, 3.05) is 19.7 Å². The van der Waals surface area contributed by atoms with Crippen molar-refractivity contribution in [2.45, 2.75) is 32.6 Å². The summed E-state index contributed by atoms with van der Waals surface area (Å²) in [6, 6.07) is 7.36. The number of amides is 1. The maximum Gasteiger partial charge on any atom is 0.257 e. The largest absolute Gasteiger partial charge is 0.493 e. The molecule has 0 radical (unpaired) electrons. The van der Waals surface area contributed by atoms with Crippen LogP contribution in [0.25, 0.3) is 0 Å². The van der Waals surface area contributed by atoms with Gasteiger partial charge in [-0.25, -0.2) is 4.98 Å². The lowest BCUT2D eigenvalue weighted by Gasteiger charge is -2.32. The summed E-state index contributed by atoms with van der Waals surface area (Å²) < 4.78 is 7.55. The van der Waals surface area contributed by atoms with E-state index in [9.17, 15) is 9.59 Å². The smallest absolute Gasteiger partial charge is 0.257 e. The molecule has 1 saturated heterocycles. The van der Waals surface area contributed by atoms with Crippen molar-refractivity contribution in [3.63, 3.8) is 0 Å². The number of imidazole rings is 1. The molecule has 1 aliphatic rings. The highest BCUT2D eigenvalue weighted by molar-refractivity contribution is 5.98. The Bertz CT molecular complexity index is 799. The van der Waals surface area contributed by atoms with Gasteiger partial charge in [-0.3, -0.25) is 9.59 Å². The van der Waals surface area contributed by atoms with Crippen molar-refractivity contribution < 1.29 is 14.3 Å². The van der Waals surface area contributed by atoms with E-state index in [1.165, 1.54) is 0 Å². The first-order valence-corrected chi connectivity index (χ1v) is 9.64. The number of likely N-dealkylation sites (tertiary alicyclic amines) is 1. The standard InChI is InChI=1S/C21H27N3O3/c1-3-4-14-27-18-10-6-5-9-17(18)21(26)24-12-7-8-16(15-24)19(25)20-22-11-13-23(20)2/h5-6,9-11,13,16H,3-4,7-8,12,14-15H2,1-2H3/t16-/m0/s1. The van der Waals surface area contributed by atoms with Crippen LogP contribution in [0.5, 0.6) is 5.75 Å². The van der Waals surface area contributed by atoms with Gasteiger partial charge in [-0.2, -0.15) is 0 Å². The number of ether oxygens (including phenoxy) is 1. The molecule has 2 aromatic rings. The minimum absolute atomic E-state index is 0.00693.